The van der Waals surface area contributed by atoms with Gasteiger partial charge in [-0.05, 0) is 55.4 Å². The molecule has 0 bridgehead atoms. The normalized spacial score (nSPS) is 14.9. The van der Waals surface area contributed by atoms with Crippen LogP contribution in [0.15, 0.2) is 47.4 Å². The molecule has 2 amide bonds. The third kappa shape index (κ3) is 5.67. The fourth-order valence-electron chi connectivity index (χ4n) is 2.88. The Morgan fingerprint density at radius 3 is 2.59 bits per heavy atom. The Bertz CT molecular complexity index is 1070. The monoisotopic (exact) mass is 459 g/mol. The van der Waals surface area contributed by atoms with Gasteiger partial charge in [-0.2, -0.15) is 0 Å². The molecule has 7 nitrogen and oxygen atoms in total. The van der Waals surface area contributed by atoms with Crippen LogP contribution in [0.25, 0.3) is 6.08 Å². The van der Waals surface area contributed by atoms with Gasteiger partial charge < -0.3 is 14.2 Å². The fourth-order valence-corrected chi connectivity index (χ4v) is 3.72. The van der Waals surface area contributed by atoms with E-state index in [0.717, 1.165) is 16.7 Å². The highest BCUT2D eigenvalue weighted by Crippen LogP contribution is 2.34. The number of rotatable bonds is 8. The zero-order valence-electron chi connectivity index (χ0n) is 17.8. The van der Waals surface area contributed by atoms with Crippen LogP contribution in [-0.2, 0) is 20.9 Å². The van der Waals surface area contributed by atoms with Gasteiger partial charge in [0, 0.05) is 5.56 Å². The summed E-state index contributed by atoms with van der Waals surface area (Å²) in [5.41, 5.74) is 0.957. The molecule has 0 aliphatic carbocycles. The van der Waals surface area contributed by atoms with E-state index in [1.807, 2.05) is 0 Å². The average Bonchev–Trinajstić information content (AvgIpc) is 3.00. The molecule has 2 aromatic carbocycles. The number of ether oxygens (including phenoxy) is 3. The van der Waals surface area contributed by atoms with Crippen molar-refractivity contribution in [2.75, 3.05) is 13.7 Å². The van der Waals surface area contributed by atoms with E-state index in [4.69, 9.17) is 14.2 Å². The van der Waals surface area contributed by atoms with Crippen molar-refractivity contribution in [2.45, 2.75) is 26.6 Å². The number of nitrogens with zero attached hydrogens (tertiary/aromatic N) is 1. The number of amides is 2. The second-order valence-electron chi connectivity index (χ2n) is 7.10. The second-order valence-corrected chi connectivity index (χ2v) is 8.09. The summed E-state index contributed by atoms with van der Waals surface area (Å²) in [5.74, 6) is -0.832. The Morgan fingerprint density at radius 1 is 1.16 bits per heavy atom. The summed E-state index contributed by atoms with van der Waals surface area (Å²) in [6.45, 7) is 2.91. The molecule has 2 aromatic rings. The van der Waals surface area contributed by atoms with Crippen LogP contribution in [0.1, 0.15) is 25.0 Å². The maximum atomic E-state index is 13.9. The van der Waals surface area contributed by atoms with E-state index in [9.17, 15) is 18.8 Å². The van der Waals surface area contributed by atoms with E-state index < -0.39 is 23.7 Å². The lowest BCUT2D eigenvalue weighted by Gasteiger charge is -2.13. The summed E-state index contributed by atoms with van der Waals surface area (Å²) in [6.07, 6.45) is 1.17. The van der Waals surface area contributed by atoms with E-state index in [1.165, 1.54) is 19.3 Å². The molecule has 1 aliphatic rings. The van der Waals surface area contributed by atoms with E-state index in [0.29, 0.717) is 22.6 Å². The predicted molar refractivity (Wildman–Crippen MR) is 118 cm³/mol. The Labute approximate surface area is 189 Å². The number of imide groups is 1. The van der Waals surface area contributed by atoms with Crippen LogP contribution in [0.3, 0.4) is 0 Å². The lowest BCUT2D eigenvalue weighted by Crippen LogP contribution is -2.35. The van der Waals surface area contributed by atoms with Gasteiger partial charge in [0.25, 0.3) is 11.1 Å². The van der Waals surface area contributed by atoms with Crippen LogP contribution in [0, 0.1) is 5.82 Å². The molecule has 168 valence electrons. The van der Waals surface area contributed by atoms with Crippen molar-refractivity contribution in [1.29, 1.82) is 0 Å². The summed E-state index contributed by atoms with van der Waals surface area (Å²) < 4.78 is 29.9. The molecule has 0 saturated carbocycles. The zero-order valence-corrected chi connectivity index (χ0v) is 18.6. The molecule has 1 saturated heterocycles. The number of esters is 1. The van der Waals surface area contributed by atoms with E-state index in [-0.39, 0.29) is 23.4 Å². The maximum absolute atomic E-state index is 13.9. The summed E-state index contributed by atoms with van der Waals surface area (Å²) in [7, 11) is 1.48. The number of halogens is 1. The maximum Gasteiger partial charge on any atom is 0.326 e. The van der Waals surface area contributed by atoms with Gasteiger partial charge in [0.05, 0.1) is 18.1 Å². The zero-order chi connectivity index (χ0) is 23.3. The van der Waals surface area contributed by atoms with Crippen LogP contribution in [-0.4, -0.2) is 41.8 Å². The number of benzene rings is 2. The molecule has 0 N–H and O–H groups in total. The minimum atomic E-state index is -0.656. The standard InChI is InChI=1S/C23H22FNO6S/c1-14(2)31-21(26)12-25-22(27)20(32-23(25)28)11-15-8-9-18(29-3)19(10-15)30-13-16-6-4-5-7-17(16)24/h4-11,14H,12-13H2,1-3H3/b20-11-. The molecule has 32 heavy (non-hydrogen) atoms. The second kappa shape index (κ2) is 10.3. The molecule has 0 spiro atoms. The van der Waals surface area contributed by atoms with Crippen molar-refractivity contribution in [3.63, 3.8) is 0 Å². The highest BCUT2D eigenvalue weighted by Gasteiger charge is 2.36. The first-order chi connectivity index (χ1) is 15.3. The molecule has 3 rings (SSSR count). The summed E-state index contributed by atoms with van der Waals surface area (Å²) in [5, 5.41) is -0.550. The summed E-state index contributed by atoms with van der Waals surface area (Å²) >= 11 is 0.735. The molecule has 9 heteroatoms. The summed E-state index contributed by atoms with van der Waals surface area (Å²) in [4.78, 5) is 37.7. The highest BCUT2D eigenvalue weighted by atomic mass is 32.2. The van der Waals surface area contributed by atoms with Gasteiger partial charge in [0.15, 0.2) is 11.5 Å². The minimum absolute atomic E-state index is 0.0129. The third-order valence-corrected chi connectivity index (χ3v) is 5.26. The smallest absolute Gasteiger partial charge is 0.326 e. The predicted octanol–water partition coefficient (Wildman–Crippen LogP) is 4.40. The molecule has 0 atom stereocenters. The fraction of sp³-hybridized carbons (Fsp3) is 0.261. The van der Waals surface area contributed by atoms with Gasteiger partial charge in [0.1, 0.15) is 19.0 Å². The first kappa shape index (κ1) is 23.3. The number of carbonyl (C=O) groups is 3. The number of methoxy groups -OCH3 is 1. The van der Waals surface area contributed by atoms with Gasteiger partial charge in [-0.15, -0.1) is 0 Å². The van der Waals surface area contributed by atoms with Crippen molar-refractivity contribution in [3.8, 4) is 11.5 Å². The van der Waals surface area contributed by atoms with Crippen LogP contribution < -0.4 is 9.47 Å². The number of hydrogen-bond donors (Lipinski definition) is 0. The van der Waals surface area contributed by atoms with E-state index >= 15 is 0 Å². The molecular weight excluding hydrogens is 437 g/mol. The lowest BCUT2D eigenvalue weighted by molar-refractivity contribution is -0.149. The van der Waals surface area contributed by atoms with Gasteiger partial charge in [0.2, 0.25) is 0 Å². The molecule has 0 aromatic heterocycles. The molecular formula is C23H22FNO6S. The number of thioether (sulfide) groups is 1. The highest BCUT2D eigenvalue weighted by molar-refractivity contribution is 8.18. The Balaban J connectivity index is 1.77. The minimum Gasteiger partial charge on any atom is -0.493 e. The van der Waals surface area contributed by atoms with Crippen molar-refractivity contribution in [1.82, 2.24) is 4.90 Å². The quantitative estimate of drug-likeness (QED) is 0.427. The van der Waals surface area contributed by atoms with Crippen LogP contribution in [0.4, 0.5) is 9.18 Å². The lowest BCUT2D eigenvalue weighted by atomic mass is 10.1. The van der Waals surface area contributed by atoms with Crippen LogP contribution in [0.5, 0.6) is 11.5 Å². The Morgan fingerprint density at radius 2 is 1.91 bits per heavy atom. The van der Waals surface area contributed by atoms with Gasteiger partial charge >= 0.3 is 5.97 Å². The summed E-state index contributed by atoms with van der Waals surface area (Å²) in [6, 6.07) is 11.2. The Kier molecular flexibility index (Phi) is 7.53. The molecule has 1 aliphatic heterocycles. The largest absolute Gasteiger partial charge is 0.493 e. The van der Waals surface area contributed by atoms with Gasteiger partial charge in [-0.25, -0.2) is 4.39 Å². The third-order valence-electron chi connectivity index (χ3n) is 4.35. The molecule has 1 heterocycles. The SMILES string of the molecule is COc1ccc(/C=C2\SC(=O)N(CC(=O)OC(C)C)C2=O)cc1OCc1ccccc1F. The van der Waals surface area contributed by atoms with Gasteiger partial charge in [-0.3, -0.25) is 19.3 Å². The van der Waals surface area contributed by atoms with Crippen molar-refractivity contribution in [3.05, 3.63) is 64.3 Å². The van der Waals surface area contributed by atoms with Gasteiger partial charge in [-0.1, -0.05) is 24.3 Å². The van der Waals surface area contributed by atoms with E-state index in [2.05, 4.69) is 0 Å². The number of hydrogen-bond acceptors (Lipinski definition) is 7. The molecule has 0 radical (unpaired) electrons. The number of carbonyl (C=O) groups excluding carboxylic acids is 3. The van der Waals surface area contributed by atoms with Crippen LogP contribution >= 0.6 is 11.8 Å². The Hall–Kier alpha value is -3.33. The average molecular weight is 459 g/mol. The van der Waals surface area contributed by atoms with Crippen molar-refractivity contribution < 1.29 is 33.0 Å². The van der Waals surface area contributed by atoms with E-state index in [1.54, 1.807) is 50.2 Å². The first-order valence-electron chi connectivity index (χ1n) is 9.77. The molecule has 0 unspecified atom stereocenters. The van der Waals surface area contributed by atoms with Crippen molar-refractivity contribution >= 4 is 35.0 Å². The van der Waals surface area contributed by atoms with Crippen LogP contribution in [0.2, 0.25) is 0 Å². The topological polar surface area (TPSA) is 82.1 Å². The molecule has 1 fully saturated rings. The van der Waals surface area contributed by atoms with Crippen molar-refractivity contribution in [2.24, 2.45) is 0 Å². The first-order valence-corrected chi connectivity index (χ1v) is 10.6.